The second-order valence-corrected chi connectivity index (χ2v) is 5.52. The van der Waals surface area contributed by atoms with Gasteiger partial charge in [-0.25, -0.2) is 4.39 Å². The molecule has 0 aromatic heterocycles. The van der Waals surface area contributed by atoms with Crippen LogP contribution in [-0.4, -0.2) is 12.9 Å². The first-order valence-electron chi connectivity index (χ1n) is 7.07. The molecule has 0 amide bonds. The molecule has 21 heavy (non-hydrogen) atoms. The maximum atomic E-state index is 13.7. The Hall–Kier alpha value is -2.16. The zero-order chi connectivity index (χ0) is 14.9. The molecule has 1 aliphatic rings. The Labute approximate surface area is 123 Å². The van der Waals surface area contributed by atoms with Crippen molar-refractivity contribution in [2.24, 2.45) is 0 Å². The van der Waals surface area contributed by atoms with E-state index in [1.807, 2.05) is 30.3 Å². The third-order valence-corrected chi connectivity index (χ3v) is 4.19. The van der Waals surface area contributed by atoms with Gasteiger partial charge in [-0.3, -0.25) is 4.79 Å². The lowest BCUT2D eigenvalue weighted by molar-refractivity contribution is -0.120. The van der Waals surface area contributed by atoms with E-state index < -0.39 is 5.82 Å². The fourth-order valence-electron chi connectivity index (χ4n) is 2.79. The van der Waals surface area contributed by atoms with Gasteiger partial charge in [0.15, 0.2) is 11.6 Å². The van der Waals surface area contributed by atoms with Crippen molar-refractivity contribution in [3.8, 4) is 5.75 Å². The molecule has 2 aromatic rings. The van der Waals surface area contributed by atoms with E-state index in [0.29, 0.717) is 5.56 Å². The predicted molar refractivity (Wildman–Crippen MR) is 79.0 cm³/mol. The average Bonchev–Trinajstić information content (AvgIpc) is 3.30. The van der Waals surface area contributed by atoms with Gasteiger partial charge in [0.25, 0.3) is 0 Å². The summed E-state index contributed by atoms with van der Waals surface area (Å²) in [5.74, 6) is -0.0546. The van der Waals surface area contributed by atoms with Crippen molar-refractivity contribution >= 4 is 5.78 Å². The first-order chi connectivity index (χ1) is 10.2. The number of carbonyl (C=O) groups is 1. The molecule has 0 unspecified atom stereocenters. The maximum absolute atomic E-state index is 13.7. The van der Waals surface area contributed by atoms with Crippen molar-refractivity contribution in [1.29, 1.82) is 0 Å². The number of carbonyl (C=O) groups excluding carboxylic acids is 1. The van der Waals surface area contributed by atoms with Crippen molar-refractivity contribution in [2.75, 3.05) is 7.11 Å². The number of ether oxygens (including phenoxy) is 1. The Morgan fingerprint density at radius 2 is 1.90 bits per heavy atom. The minimum Gasteiger partial charge on any atom is -0.494 e. The molecule has 0 spiro atoms. The van der Waals surface area contributed by atoms with Gasteiger partial charge < -0.3 is 4.74 Å². The fraction of sp³-hybridized carbons (Fsp3) is 0.278. The molecule has 0 heterocycles. The van der Waals surface area contributed by atoms with Crippen LogP contribution in [-0.2, 0) is 16.6 Å². The highest BCUT2D eigenvalue weighted by Crippen LogP contribution is 2.49. The first kappa shape index (κ1) is 13.8. The SMILES string of the molecule is COc1ccc(CC(=O)C2(c3ccccc3)CC2)cc1F. The number of rotatable bonds is 5. The summed E-state index contributed by atoms with van der Waals surface area (Å²) in [6.45, 7) is 0. The Balaban J connectivity index is 1.79. The standard InChI is InChI=1S/C18H17FO2/c1-21-16-8-7-13(11-15(16)19)12-17(20)18(9-10-18)14-5-3-2-4-6-14/h2-8,11H,9-10,12H2,1H3. The van der Waals surface area contributed by atoms with Crippen LogP contribution in [0.2, 0.25) is 0 Å². The Morgan fingerprint density at radius 1 is 1.19 bits per heavy atom. The highest BCUT2D eigenvalue weighted by molar-refractivity contribution is 5.94. The number of Topliss-reactive ketones (excluding diaryl/α,β-unsaturated/α-hetero) is 1. The number of methoxy groups -OCH3 is 1. The van der Waals surface area contributed by atoms with Crippen LogP contribution in [0.3, 0.4) is 0 Å². The van der Waals surface area contributed by atoms with E-state index in [1.54, 1.807) is 12.1 Å². The summed E-state index contributed by atoms with van der Waals surface area (Å²) in [5, 5.41) is 0. The third-order valence-electron chi connectivity index (χ3n) is 4.19. The molecule has 0 aliphatic heterocycles. The van der Waals surface area contributed by atoms with E-state index in [2.05, 4.69) is 0 Å². The smallest absolute Gasteiger partial charge is 0.165 e. The third kappa shape index (κ3) is 2.56. The second-order valence-electron chi connectivity index (χ2n) is 5.52. The molecule has 0 bridgehead atoms. The van der Waals surface area contributed by atoms with E-state index in [-0.39, 0.29) is 23.4 Å². The maximum Gasteiger partial charge on any atom is 0.165 e. The molecule has 0 saturated heterocycles. The van der Waals surface area contributed by atoms with Gasteiger partial charge in [0.1, 0.15) is 5.78 Å². The molecule has 0 N–H and O–H groups in total. The van der Waals surface area contributed by atoms with Crippen LogP contribution in [0.4, 0.5) is 4.39 Å². The van der Waals surface area contributed by atoms with Crippen molar-refractivity contribution in [3.05, 3.63) is 65.5 Å². The predicted octanol–water partition coefficient (Wildman–Crippen LogP) is 3.68. The van der Waals surface area contributed by atoms with E-state index in [4.69, 9.17) is 4.74 Å². The molecule has 2 aromatic carbocycles. The van der Waals surface area contributed by atoms with Crippen molar-refractivity contribution < 1.29 is 13.9 Å². The van der Waals surface area contributed by atoms with Gasteiger partial charge in [-0.1, -0.05) is 36.4 Å². The van der Waals surface area contributed by atoms with Gasteiger partial charge in [-0.15, -0.1) is 0 Å². The number of halogens is 1. The molecule has 1 fully saturated rings. The van der Waals surface area contributed by atoms with Crippen molar-refractivity contribution in [2.45, 2.75) is 24.7 Å². The summed E-state index contributed by atoms with van der Waals surface area (Å²) in [7, 11) is 1.43. The molecular weight excluding hydrogens is 267 g/mol. The lowest BCUT2D eigenvalue weighted by atomic mass is 9.88. The van der Waals surface area contributed by atoms with Crippen molar-refractivity contribution in [3.63, 3.8) is 0 Å². The van der Waals surface area contributed by atoms with E-state index >= 15 is 0 Å². The van der Waals surface area contributed by atoms with Crippen LogP contribution in [0, 0.1) is 5.82 Å². The van der Waals surface area contributed by atoms with Crippen LogP contribution in [0.5, 0.6) is 5.75 Å². The largest absolute Gasteiger partial charge is 0.494 e. The fourth-order valence-corrected chi connectivity index (χ4v) is 2.79. The zero-order valence-corrected chi connectivity index (χ0v) is 11.9. The normalized spacial score (nSPS) is 15.5. The van der Waals surface area contributed by atoms with Crippen LogP contribution in [0.15, 0.2) is 48.5 Å². The summed E-state index contributed by atoms with van der Waals surface area (Å²) in [5.41, 5.74) is 1.42. The summed E-state index contributed by atoms with van der Waals surface area (Å²) in [6.07, 6.45) is 2.03. The summed E-state index contributed by atoms with van der Waals surface area (Å²) in [4.78, 5) is 12.6. The van der Waals surface area contributed by atoms with Gasteiger partial charge in [-0.2, -0.15) is 0 Å². The Morgan fingerprint density at radius 3 is 2.48 bits per heavy atom. The summed E-state index contributed by atoms with van der Waals surface area (Å²) in [6, 6.07) is 14.6. The molecule has 1 saturated carbocycles. The molecule has 1 aliphatic carbocycles. The van der Waals surface area contributed by atoms with Crippen molar-refractivity contribution in [1.82, 2.24) is 0 Å². The molecular formula is C18H17FO2. The van der Waals surface area contributed by atoms with Crippen LogP contribution in [0.25, 0.3) is 0 Å². The van der Waals surface area contributed by atoms with Gasteiger partial charge in [0.05, 0.1) is 12.5 Å². The van der Waals surface area contributed by atoms with Crippen LogP contribution in [0.1, 0.15) is 24.0 Å². The van der Waals surface area contributed by atoms with Gasteiger partial charge >= 0.3 is 0 Å². The second kappa shape index (κ2) is 5.32. The van der Waals surface area contributed by atoms with Gasteiger partial charge in [0, 0.05) is 6.42 Å². The molecule has 3 rings (SSSR count). The summed E-state index contributed by atoms with van der Waals surface area (Å²) >= 11 is 0. The highest BCUT2D eigenvalue weighted by atomic mass is 19.1. The van der Waals surface area contributed by atoms with Crippen LogP contribution >= 0.6 is 0 Å². The molecule has 0 atom stereocenters. The quantitative estimate of drug-likeness (QED) is 0.837. The summed E-state index contributed by atoms with van der Waals surface area (Å²) < 4.78 is 18.6. The molecule has 0 radical (unpaired) electrons. The van der Waals surface area contributed by atoms with E-state index in [1.165, 1.54) is 13.2 Å². The average molecular weight is 284 g/mol. The van der Waals surface area contributed by atoms with E-state index in [9.17, 15) is 9.18 Å². The molecule has 3 heteroatoms. The Kier molecular flexibility index (Phi) is 3.50. The van der Waals surface area contributed by atoms with E-state index in [0.717, 1.165) is 18.4 Å². The van der Waals surface area contributed by atoms with Gasteiger partial charge in [0.2, 0.25) is 0 Å². The first-order valence-corrected chi connectivity index (χ1v) is 7.07. The minimum atomic E-state index is -0.424. The number of ketones is 1. The lowest BCUT2D eigenvalue weighted by Gasteiger charge is -2.14. The topological polar surface area (TPSA) is 26.3 Å². The molecule has 108 valence electrons. The van der Waals surface area contributed by atoms with Gasteiger partial charge in [-0.05, 0) is 36.1 Å². The highest BCUT2D eigenvalue weighted by Gasteiger charge is 2.50. The zero-order valence-electron chi connectivity index (χ0n) is 11.9. The Bertz CT molecular complexity index is 660. The van der Waals surface area contributed by atoms with Crippen LogP contribution < -0.4 is 4.74 Å². The lowest BCUT2D eigenvalue weighted by Crippen LogP contribution is -2.22. The monoisotopic (exact) mass is 284 g/mol. The minimum absolute atomic E-state index is 0.165. The molecule has 2 nitrogen and oxygen atoms in total. The number of hydrogen-bond donors (Lipinski definition) is 0. The number of hydrogen-bond acceptors (Lipinski definition) is 2. The number of benzene rings is 2.